The fourth-order valence-electron chi connectivity index (χ4n) is 2.63. The van der Waals surface area contributed by atoms with Crippen LogP contribution in [-0.2, 0) is 22.6 Å². The molecule has 1 atom stereocenters. The summed E-state index contributed by atoms with van der Waals surface area (Å²) < 4.78 is 6.77. The number of carbonyl (C=O) groups excluding carboxylic acids is 1. The average molecular weight is 286 g/mol. The third-order valence-electron chi connectivity index (χ3n) is 3.64. The van der Waals surface area contributed by atoms with Crippen molar-refractivity contribution in [2.75, 3.05) is 13.7 Å². The van der Waals surface area contributed by atoms with E-state index in [4.69, 9.17) is 16.3 Å². The lowest BCUT2D eigenvalue weighted by Gasteiger charge is -2.22. The lowest BCUT2D eigenvalue weighted by molar-refractivity contribution is -0.146. The molecule has 106 valence electrons. The fraction of sp³-hybridized carbons (Fsp3) is 0.692. The molecule has 0 spiro atoms. The molecule has 1 aromatic heterocycles. The Labute approximate surface area is 118 Å². The summed E-state index contributed by atoms with van der Waals surface area (Å²) >= 11 is 6.31. The van der Waals surface area contributed by atoms with Gasteiger partial charge in [-0.15, -0.1) is 0 Å². The smallest absolute Gasteiger partial charge is 0.323 e. The molecule has 6 heteroatoms. The number of carbonyl (C=O) groups is 1. The minimum atomic E-state index is -0.159. The number of aromatic nitrogens is 2. The molecule has 2 rings (SSSR count). The molecule has 0 N–H and O–H groups in total. The van der Waals surface area contributed by atoms with Crippen LogP contribution >= 0.6 is 11.6 Å². The van der Waals surface area contributed by atoms with Crippen LogP contribution in [0.3, 0.4) is 0 Å². The van der Waals surface area contributed by atoms with E-state index in [-0.39, 0.29) is 12.0 Å². The number of esters is 1. The molecule has 5 nitrogen and oxygen atoms in total. The number of ether oxygens (including phenoxy) is 1. The quantitative estimate of drug-likeness (QED) is 0.794. The molecule has 0 aliphatic carbocycles. The average Bonchev–Trinajstić information content (AvgIpc) is 2.98. The van der Waals surface area contributed by atoms with Crippen LogP contribution in [0.15, 0.2) is 0 Å². The minimum absolute atomic E-state index is 0.151. The van der Waals surface area contributed by atoms with Crippen molar-refractivity contribution < 1.29 is 9.53 Å². The number of rotatable bonds is 4. The highest BCUT2D eigenvalue weighted by Gasteiger charge is 2.32. The van der Waals surface area contributed by atoms with Gasteiger partial charge in [0.25, 0.3) is 0 Å². The summed E-state index contributed by atoms with van der Waals surface area (Å²) in [5.74, 6) is -0.159. The van der Waals surface area contributed by atoms with Crippen LogP contribution in [-0.4, -0.2) is 40.3 Å². The van der Waals surface area contributed by atoms with E-state index in [1.54, 1.807) is 0 Å². The summed E-state index contributed by atoms with van der Waals surface area (Å²) in [4.78, 5) is 13.9. The Hall–Kier alpha value is -1.07. The second kappa shape index (κ2) is 5.92. The highest BCUT2D eigenvalue weighted by molar-refractivity contribution is 6.31. The molecular weight excluding hydrogens is 266 g/mol. The normalized spacial score (nSPS) is 19.9. The topological polar surface area (TPSA) is 47.4 Å². The molecule has 1 unspecified atom stereocenters. The van der Waals surface area contributed by atoms with Crippen LogP contribution in [0.2, 0.25) is 5.02 Å². The van der Waals surface area contributed by atoms with Crippen LogP contribution in [0.25, 0.3) is 0 Å². The minimum Gasteiger partial charge on any atom is -0.468 e. The van der Waals surface area contributed by atoms with Crippen molar-refractivity contribution in [2.45, 2.75) is 45.8 Å². The van der Waals surface area contributed by atoms with Gasteiger partial charge in [0.15, 0.2) is 0 Å². The molecule has 1 aromatic rings. The second-order valence-corrected chi connectivity index (χ2v) is 5.19. The highest BCUT2D eigenvalue weighted by Crippen LogP contribution is 2.26. The van der Waals surface area contributed by atoms with Gasteiger partial charge in [0.2, 0.25) is 0 Å². The van der Waals surface area contributed by atoms with E-state index in [0.717, 1.165) is 37.3 Å². The molecule has 19 heavy (non-hydrogen) atoms. The third kappa shape index (κ3) is 2.77. The van der Waals surface area contributed by atoms with E-state index in [9.17, 15) is 4.79 Å². The number of halogens is 1. The summed E-state index contributed by atoms with van der Waals surface area (Å²) in [6.07, 6.45) is 1.86. The van der Waals surface area contributed by atoms with E-state index < -0.39 is 0 Å². The molecule has 0 bridgehead atoms. The van der Waals surface area contributed by atoms with E-state index in [1.807, 2.05) is 18.5 Å². The molecule has 2 heterocycles. The van der Waals surface area contributed by atoms with Gasteiger partial charge in [-0.05, 0) is 33.2 Å². The monoisotopic (exact) mass is 285 g/mol. The van der Waals surface area contributed by atoms with Crippen LogP contribution < -0.4 is 0 Å². The zero-order chi connectivity index (χ0) is 14.0. The molecule has 0 radical (unpaired) electrons. The van der Waals surface area contributed by atoms with Crippen molar-refractivity contribution in [1.82, 2.24) is 14.7 Å². The molecule has 1 saturated heterocycles. The molecule has 0 amide bonds. The summed E-state index contributed by atoms with van der Waals surface area (Å²) in [6.45, 7) is 6.25. The van der Waals surface area contributed by atoms with Crippen LogP contribution in [0.4, 0.5) is 0 Å². The van der Waals surface area contributed by atoms with Crippen LogP contribution in [0.5, 0.6) is 0 Å². The molecular formula is C13H20ClN3O2. The van der Waals surface area contributed by atoms with Gasteiger partial charge in [-0.1, -0.05) is 11.6 Å². The van der Waals surface area contributed by atoms with Gasteiger partial charge in [-0.3, -0.25) is 14.4 Å². The SMILES string of the molecule is CCn1nc(C)c(Cl)c1CN1CCCC1C(=O)OC. The molecule has 1 fully saturated rings. The Morgan fingerprint density at radius 1 is 1.58 bits per heavy atom. The van der Waals surface area contributed by atoms with Crippen molar-refractivity contribution in [1.29, 1.82) is 0 Å². The van der Waals surface area contributed by atoms with Crippen molar-refractivity contribution in [3.63, 3.8) is 0 Å². The summed E-state index contributed by atoms with van der Waals surface area (Å²) in [7, 11) is 1.44. The fourth-order valence-corrected chi connectivity index (χ4v) is 2.83. The van der Waals surface area contributed by atoms with Crippen molar-refractivity contribution in [3.8, 4) is 0 Å². The lowest BCUT2D eigenvalue weighted by atomic mass is 10.2. The van der Waals surface area contributed by atoms with E-state index in [1.165, 1.54) is 7.11 Å². The van der Waals surface area contributed by atoms with Gasteiger partial charge in [0.05, 0.1) is 23.5 Å². The zero-order valence-corrected chi connectivity index (χ0v) is 12.4. The maximum atomic E-state index is 11.7. The molecule has 1 aliphatic heterocycles. The predicted molar refractivity (Wildman–Crippen MR) is 73.1 cm³/mol. The lowest BCUT2D eigenvalue weighted by Crippen LogP contribution is -2.36. The van der Waals surface area contributed by atoms with E-state index >= 15 is 0 Å². The number of aryl methyl sites for hydroxylation is 2. The Balaban J connectivity index is 2.18. The van der Waals surface area contributed by atoms with Crippen LogP contribution in [0, 0.1) is 6.92 Å². The first-order valence-electron chi connectivity index (χ1n) is 6.62. The molecule has 0 saturated carbocycles. The Bertz CT molecular complexity index is 473. The zero-order valence-electron chi connectivity index (χ0n) is 11.6. The Kier molecular flexibility index (Phi) is 4.47. The number of methoxy groups -OCH3 is 1. The third-order valence-corrected chi connectivity index (χ3v) is 4.13. The van der Waals surface area contributed by atoms with Crippen molar-refractivity contribution in [2.24, 2.45) is 0 Å². The van der Waals surface area contributed by atoms with Crippen molar-refractivity contribution in [3.05, 3.63) is 16.4 Å². The summed E-state index contributed by atoms with van der Waals surface area (Å²) in [5.41, 5.74) is 1.82. The number of likely N-dealkylation sites (tertiary alicyclic amines) is 1. The summed E-state index contributed by atoms with van der Waals surface area (Å²) in [6, 6.07) is -0.151. The van der Waals surface area contributed by atoms with Gasteiger partial charge in [0.1, 0.15) is 6.04 Å². The first-order valence-corrected chi connectivity index (χ1v) is 7.00. The second-order valence-electron chi connectivity index (χ2n) is 4.81. The standard InChI is InChI=1S/C13H20ClN3O2/c1-4-17-11(12(14)9(2)15-17)8-16-7-5-6-10(16)13(18)19-3/h10H,4-8H2,1-3H3. The van der Waals surface area contributed by atoms with Crippen LogP contribution in [0.1, 0.15) is 31.2 Å². The van der Waals surface area contributed by atoms with Gasteiger partial charge < -0.3 is 4.74 Å². The summed E-state index contributed by atoms with van der Waals surface area (Å²) in [5, 5.41) is 5.11. The van der Waals surface area contributed by atoms with E-state index in [0.29, 0.717) is 11.6 Å². The number of nitrogens with zero attached hydrogens (tertiary/aromatic N) is 3. The largest absolute Gasteiger partial charge is 0.468 e. The van der Waals surface area contributed by atoms with E-state index in [2.05, 4.69) is 10.00 Å². The Morgan fingerprint density at radius 2 is 2.32 bits per heavy atom. The number of hydrogen-bond acceptors (Lipinski definition) is 4. The predicted octanol–water partition coefficient (Wildman–Crippen LogP) is 2.00. The molecule has 1 aliphatic rings. The first kappa shape index (κ1) is 14.3. The van der Waals surface area contributed by atoms with Crippen molar-refractivity contribution >= 4 is 17.6 Å². The Morgan fingerprint density at radius 3 is 2.95 bits per heavy atom. The first-order chi connectivity index (χ1) is 9.08. The maximum Gasteiger partial charge on any atom is 0.323 e. The van der Waals surface area contributed by atoms with Gasteiger partial charge in [-0.25, -0.2) is 0 Å². The van der Waals surface area contributed by atoms with Gasteiger partial charge >= 0.3 is 5.97 Å². The number of hydrogen-bond donors (Lipinski definition) is 0. The van der Waals surface area contributed by atoms with Gasteiger partial charge in [0, 0.05) is 13.1 Å². The molecule has 0 aromatic carbocycles. The highest BCUT2D eigenvalue weighted by atomic mass is 35.5. The van der Waals surface area contributed by atoms with Gasteiger partial charge in [-0.2, -0.15) is 5.10 Å². The maximum absolute atomic E-state index is 11.7.